The van der Waals surface area contributed by atoms with Gasteiger partial charge in [0.2, 0.25) is 0 Å². The van der Waals surface area contributed by atoms with Crippen LogP contribution in [0.5, 0.6) is 5.75 Å². The van der Waals surface area contributed by atoms with Crippen LogP contribution in [0.25, 0.3) is 0 Å². The smallest absolute Gasteiger partial charge is 0.344 e. The number of esters is 1. The van der Waals surface area contributed by atoms with Crippen molar-refractivity contribution in [3.05, 3.63) is 60.2 Å². The Bertz CT molecular complexity index is 859. The molecule has 1 aliphatic heterocycles. The molecule has 0 unspecified atom stereocenters. The number of benzene rings is 2. The molecule has 0 bridgehead atoms. The zero-order valence-corrected chi connectivity index (χ0v) is 17.1. The van der Waals surface area contributed by atoms with Gasteiger partial charge in [-0.25, -0.2) is 4.79 Å². The summed E-state index contributed by atoms with van der Waals surface area (Å²) in [6.07, 6.45) is 0.432. The van der Waals surface area contributed by atoms with Gasteiger partial charge in [-0.3, -0.25) is 9.59 Å². The third kappa shape index (κ3) is 5.83. The van der Waals surface area contributed by atoms with Crippen LogP contribution in [0.1, 0.15) is 23.7 Å². The molecular weight excluding hydrogens is 384 g/mol. The van der Waals surface area contributed by atoms with Gasteiger partial charge in [-0.1, -0.05) is 25.1 Å². The Morgan fingerprint density at radius 3 is 2.17 bits per heavy atom. The van der Waals surface area contributed by atoms with Crippen molar-refractivity contribution in [2.75, 3.05) is 44.3 Å². The highest BCUT2D eigenvalue weighted by molar-refractivity contribution is 5.95. The number of hydrogen-bond donors (Lipinski definition) is 0. The lowest BCUT2D eigenvalue weighted by Gasteiger charge is -2.36. The Hall–Kier alpha value is -3.35. The van der Waals surface area contributed by atoms with Crippen molar-refractivity contribution < 1.29 is 23.9 Å². The molecule has 7 nitrogen and oxygen atoms in total. The zero-order valence-electron chi connectivity index (χ0n) is 17.1. The van der Waals surface area contributed by atoms with Gasteiger partial charge in [-0.15, -0.1) is 0 Å². The summed E-state index contributed by atoms with van der Waals surface area (Å²) in [6, 6.07) is 16.6. The number of anilines is 1. The normalized spacial score (nSPS) is 13.6. The molecule has 1 aliphatic rings. The fourth-order valence-electron chi connectivity index (χ4n) is 3.21. The summed E-state index contributed by atoms with van der Waals surface area (Å²) in [5.74, 6) is -0.314. The van der Waals surface area contributed by atoms with E-state index in [4.69, 9.17) is 9.47 Å². The molecule has 0 atom stereocenters. The molecule has 0 aromatic heterocycles. The quantitative estimate of drug-likeness (QED) is 0.492. The molecule has 0 aliphatic carbocycles. The molecule has 0 N–H and O–H groups in total. The number of ether oxygens (including phenoxy) is 2. The summed E-state index contributed by atoms with van der Waals surface area (Å²) >= 11 is 0. The van der Waals surface area contributed by atoms with Crippen LogP contribution in [0.2, 0.25) is 0 Å². The number of hydrogen-bond acceptors (Lipinski definition) is 6. The largest absolute Gasteiger partial charge is 0.482 e. The molecule has 0 saturated carbocycles. The second kappa shape index (κ2) is 10.4. The van der Waals surface area contributed by atoms with E-state index in [1.165, 1.54) is 0 Å². The highest BCUT2D eigenvalue weighted by Gasteiger charge is 2.22. The number of para-hydroxylation sites is 1. The number of ketones is 1. The first kappa shape index (κ1) is 21.4. The molecule has 1 fully saturated rings. The number of nitrogens with zero attached hydrogens (tertiary/aromatic N) is 2. The van der Waals surface area contributed by atoms with Gasteiger partial charge in [0.1, 0.15) is 5.75 Å². The maximum Gasteiger partial charge on any atom is 0.344 e. The van der Waals surface area contributed by atoms with Crippen molar-refractivity contribution in [2.24, 2.45) is 0 Å². The van der Waals surface area contributed by atoms with Crippen LogP contribution in [0.4, 0.5) is 5.69 Å². The van der Waals surface area contributed by atoms with E-state index in [2.05, 4.69) is 17.0 Å². The summed E-state index contributed by atoms with van der Waals surface area (Å²) in [5.41, 5.74) is 1.74. The Labute approximate surface area is 176 Å². The lowest BCUT2D eigenvalue weighted by atomic mass is 10.1. The molecule has 30 heavy (non-hydrogen) atoms. The minimum Gasteiger partial charge on any atom is -0.482 e. The average Bonchev–Trinajstić information content (AvgIpc) is 2.81. The van der Waals surface area contributed by atoms with Crippen molar-refractivity contribution in [1.82, 2.24) is 4.90 Å². The Morgan fingerprint density at radius 2 is 1.53 bits per heavy atom. The Kier molecular flexibility index (Phi) is 7.43. The van der Waals surface area contributed by atoms with Gasteiger partial charge >= 0.3 is 5.97 Å². The number of carbonyl (C=O) groups excluding carboxylic acids is 3. The van der Waals surface area contributed by atoms with E-state index >= 15 is 0 Å². The van der Waals surface area contributed by atoms with Crippen LogP contribution >= 0.6 is 0 Å². The van der Waals surface area contributed by atoms with E-state index in [-0.39, 0.29) is 24.9 Å². The second-order valence-corrected chi connectivity index (χ2v) is 6.95. The molecule has 2 aromatic rings. The van der Waals surface area contributed by atoms with Gasteiger partial charge in [0, 0.05) is 43.9 Å². The lowest BCUT2D eigenvalue weighted by Crippen LogP contribution is -2.50. The molecule has 1 heterocycles. The monoisotopic (exact) mass is 410 g/mol. The Balaban J connectivity index is 1.36. The predicted octanol–water partition coefficient (Wildman–Crippen LogP) is 2.55. The zero-order chi connectivity index (χ0) is 21.3. The molecular formula is C23H26N2O5. The number of amides is 1. The minimum atomic E-state index is -0.611. The maximum absolute atomic E-state index is 12.3. The lowest BCUT2D eigenvalue weighted by molar-refractivity contribution is -0.153. The van der Waals surface area contributed by atoms with E-state index < -0.39 is 5.97 Å². The predicted molar refractivity (Wildman–Crippen MR) is 113 cm³/mol. The molecule has 3 rings (SSSR count). The SMILES string of the molecule is CCC(=O)c1ccc(OCC(=O)OCC(=O)N2CCN(c3ccccc3)CC2)cc1. The maximum atomic E-state index is 12.3. The Morgan fingerprint density at radius 1 is 0.867 bits per heavy atom. The van der Waals surface area contributed by atoms with Crippen molar-refractivity contribution in [2.45, 2.75) is 13.3 Å². The first-order valence-corrected chi connectivity index (χ1v) is 10.1. The molecule has 1 amide bonds. The highest BCUT2D eigenvalue weighted by Crippen LogP contribution is 2.16. The van der Waals surface area contributed by atoms with Crippen LogP contribution in [-0.2, 0) is 14.3 Å². The summed E-state index contributed by atoms with van der Waals surface area (Å²) in [6.45, 7) is 3.86. The van der Waals surface area contributed by atoms with Crippen LogP contribution in [0.3, 0.4) is 0 Å². The van der Waals surface area contributed by atoms with Crippen LogP contribution in [-0.4, -0.2) is 62.0 Å². The van der Waals surface area contributed by atoms with E-state index in [0.717, 1.165) is 18.8 Å². The fourth-order valence-corrected chi connectivity index (χ4v) is 3.21. The van der Waals surface area contributed by atoms with Crippen LogP contribution in [0.15, 0.2) is 54.6 Å². The minimum absolute atomic E-state index is 0.0454. The summed E-state index contributed by atoms with van der Waals surface area (Å²) < 4.78 is 10.4. The van der Waals surface area contributed by atoms with E-state index in [0.29, 0.717) is 30.8 Å². The molecule has 7 heteroatoms. The van der Waals surface area contributed by atoms with Crippen molar-refractivity contribution in [3.8, 4) is 5.75 Å². The van der Waals surface area contributed by atoms with Gasteiger partial charge in [0.25, 0.3) is 5.91 Å². The fraction of sp³-hybridized carbons (Fsp3) is 0.348. The standard InChI is InChI=1S/C23H26N2O5/c1-2-21(26)18-8-10-20(11-9-18)29-17-23(28)30-16-22(27)25-14-12-24(13-15-25)19-6-4-3-5-7-19/h3-11H,2,12-17H2,1H3. The summed E-state index contributed by atoms with van der Waals surface area (Å²) in [7, 11) is 0. The first-order valence-electron chi connectivity index (χ1n) is 10.1. The van der Waals surface area contributed by atoms with Crippen LogP contribution in [0, 0.1) is 0 Å². The van der Waals surface area contributed by atoms with E-state index in [9.17, 15) is 14.4 Å². The van der Waals surface area contributed by atoms with Gasteiger partial charge in [-0.05, 0) is 36.4 Å². The van der Waals surface area contributed by atoms with Crippen LogP contribution < -0.4 is 9.64 Å². The number of piperazine rings is 1. The molecule has 2 aromatic carbocycles. The van der Waals surface area contributed by atoms with Gasteiger partial charge in [-0.2, -0.15) is 0 Å². The van der Waals surface area contributed by atoms with Crippen molar-refractivity contribution >= 4 is 23.3 Å². The summed E-state index contributed by atoms with van der Waals surface area (Å²) in [5, 5.41) is 0. The van der Waals surface area contributed by atoms with Gasteiger partial charge in [0.05, 0.1) is 0 Å². The molecule has 0 spiro atoms. The number of carbonyl (C=O) groups is 3. The van der Waals surface area contributed by atoms with Gasteiger partial charge < -0.3 is 19.3 Å². The summed E-state index contributed by atoms with van der Waals surface area (Å²) in [4.78, 5) is 39.7. The van der Waals surface area contributed by atoms with E-state index in [1.807, 2.05) is 18.2 Å². The topological polar surface area (TPSA) is 76.2 Å². The second-order valence-electron chi connectivity index (χ2n) is 6.95. The average molecular weight is 410 g/mol. The molecule has 158 valence electrons. The third-order valence-electron chi connectivity index (χ3n) is 4.96. The number of rotatable bonds is 8. The van der Waals surface area contributed by atoms with Crippen molar-refractivity contribution in [3.63, 3.8) is 0 Å². The third-order valence-corrected chi connectivity index (χ3v) is 4.96. The van der Waals surface area contributed by atoms with Crippen molar-refractivity contribution in [1.29, 1.82) is 0 Å². The number of Topliss-reactive ketones (excluding diaryl/α,β-unsaturated/α-hetero) is 1. The molecule has 0 radical (unpaired) electrons. The highest BCUT2D eigenvalue weighted by atomic mass is 16.6. The molecule has 1 saturated heterocycles. The van der Waals surface area contributed by atoms with Gasteiger partial charge in [0.15, 0.2) is 19.0 Å². The van der Waals surface area contributed by atoms with E-state index in [1.54, 1.807) is 36.1 Å². The first-order chi connectivity index (χ1) is 14.6.